The number of hydrogen-bond donors (Lipinski definition) is 0. The Kier molecular flexibility index (Phi) is 13.6. The van der Waals surface area contributed by atoms with Crippen LogP contribution >= 0.6 is 14.7 Å². The van der Waals surface area contributed by atoms with Gasteiger partial charge in [0, 0.05) is 55.7 Å². The van der Waals surface area contributed by atoms with E-state index in [1.165, 1.54) is 16.7 Å². The number of nitrogens with zero attached hydrogens (tertiary/aromatic N) is 4. The van der Waals surface area contributed by atoms with Crippen molar-refractivity contribution in [3.63, 3.8) is 0 Å². The third kappa shape index (κ3) is 10.2. The summed E-state index contributed by atoms with van der Waals surface area (Å²) in [7, 11) is -6.76. The number of carbonyl (C=O) groups excluding carboxylic acids is 1. The summed E-state index contributed by atoms with van der Waals surface area (Å²) in [5, 5.41) is 10.9. The summed E-state index contributed by atoms with van der Waals surface area (Å²) < 4.78 is 48.7. The molecule has 10 nitrogen and oxygen atoms in total. The molecule has 2 heterocycles. The third-order valence-electron chi connectivity index (χ3n) is 13.4. The summed E-state index contributed by atoms with van der Waals surface area (Å²) >= 11 is 0. The van der Waals surface area contributed by atoms with Crippen LogP contribution < -0.4 is 15.3 Å². The average Bonchev–Trinajstić information content (AvgIpc) is 3.36. The van der Waals surface area contributed by atoms with Crippen molar-refractivity contribution >= 4 is 48.3 Å². The number of aliphatic imine (C=N–C) groups is 1. The minimum atomic E-state index is -3.39. The Hall–Kier alpha value is -6.81. The zero-order valence-corrected chi connectivity index (χ0v) is 40.1. The molecule has 5 aromatic carbocycles. The quantitative estimate of drug-likeness (QED) is 0.0313. The highest BCUT2D eigenvalue weighted by atomic mass is 31.2. The molecule has 0 fully saturated rings. The lowest BCUT2D eigenvalue weighted by atomic mass is 9.93. The van der Waals surface area contributed by atoms with Crippen molar-refractivity contribution in [2.45, 2.75) is 64.6 Å². The van der Waals surface area contributed by atoms with Gasteiger partial charge in [-0.3, -0.25) is 18.9 Å². The Balaban J connectivity index is 0.860. The van der Waals surface area contributed by atoms with E-state index in [0.29, 0.717) is 50.5 Å². The van der Waals surface area contributed by atoms with Gasteiger partial charge in [-0.1, -0.05) is 145 Å². The van der Waals surface area contributed by atoms with Crippen molar-refractivity contribution in [2.24, 2.45) is 4.99 Å². The Morgan fingerprint density at radius 2 is 1.10 bits per heavy atom. The van der Waals surface area contributed by atoms with Crippen LogP contribution in [0.25, 0.3) is 11.1 Å². The number of fused-ring (bicyclic) bond motifs is 4. The first-order valence-electron chi connectivity index (χ1n) is 23.5. The van der Waals surface area contributed by atoms with E-state index in [1.807, 2.05) is 79.1 Å². The van der Waals surface area contributed by atoms with Gasteiger partial charge < -0.3 is 13.8 Å². The van der Waals surface area contributed by atoms with Crippen LogP contribution in [0.15, 0.2) is 185 Å². The SMILES string of the molecule is N#COc1ccccc1CN(Cc1ccc(CC2=CC=C(CN(Cc3ccccc3N=C=O)CP3(=O)OC4=C(CC=CC4)c4ccccc43)CC2)cc1)CP1(=O)OC2=C(CC=CC2)c2ccccc21. The Morgan fingerprint density at radius 3 is 1.72 bits per heavy atom. The second kappa shape index (κ2) is 20.4. The maximum absolute atomic E-state index is 15.1. The molecule has 0 aromatic heterocycles. The second-order valence-electron chi connectivity index (χ2n) is 18.2. The standard InChI is InChI=1S/C57H52N4O6P2/c58-38-65-53-20-8-2-14-47(53)37-61(41-69(64)57-24-12-6-18-51(57)49-16-4-10-22-55(49)67-69)35-45-31-27-43(28-32-45)33-42-25-29-44(30-26-42)34-60(36-46-13-1-7-19-52(46)59-39-62)40-68(63)56-23-11-5-17-50(56)48-15-3-9-21-54(48)66-68/h1-14,17-20,23-25,27-29,31-32H,15-16,21-22,26,30,33-37,40-41H2. The number of para-hydroxylation sites is 2. The minimum absolute atomic E-state index is 0.180. The van der Waals surface area contributed by atoms with Crippen LogP contribution in [0.1, 0.15) is 71.9 Å². The van der Waals surface area contributed by atoms with E-state index in [0.717, 1.165) is 93.2 Å². The minimum Gasteiger partial charge on any atom is -0.443 e. The molecule has 10 rings (SSSR count). The van der Waals surface area contributed by atoms with E-state index in [-0.39, 0.29) is 12.6 Å². The molecule has 69 heavy (non-hydrogen) atoms. The smallest absolute Gasteiger partial charge is 0.292 e. The molecule has 0 radical (unpaired) electrons. The van der Waals surface area contributed by atoms with Gasteiger partial charge in [0.25, 0.3) is 21.0 Å². The molecule has 346 valence electrons. The van der Waals surface area contributed by atoms with E-state index in [9.17, 15) is 10.1 Å². The topological polar surface area (TPSA) is 122 Å². The molecule has 0 saturated carbocycles. The molecule has 5 aliphatic rings. The highest BCUT2D eigenvalue weighted by Crippen LogP contribution is 2.57. The summed E-state index contributed by atoms with van der Waals surface area (Å²) in [4.78, 5) is 19.7. The molecule has 0 bridgehead atoms. The molecule has 2 unspecified atom stereocenters. The summed E-state index contributed by atoms with van der Waals surface area (Å²) in [6.45, 7) is 1.89. The summed E-state index contributed by atoms with van der Waals surface area (Å²) in [5.74, 6) is 2.05. The van der Waals surface area contributed by atoms with Crippen molar-refractivity contribution in [3.05, 3.63) is 214 Å². The lowest BCUT2D eigenvalue weighted by molar-refractivity contribution is 0.277. The molecule has 0 spiro atoms. The highest BCUT2D eigenvalue weighted by molar-refractivity contribution is 7.67. The number of hydrogen-bond acceptors (Lipinski definition) is 10. The van der Waals surface area contributed by atoms with Crippen LogP contribution in [-0.4, -0.2) is 35.0 Å². The fourth-order valence-corrected chi connectivity index (χ4v) is 15.1. The molecular formula is C57H52N4O6P2. The van der Waals surface area contributed by atoms with E-state index in [2.05, 4.69) is 87.6 Å². The lowest BCUT2D eigenvalue weighted by Gasteiger charge is -2.35. The highest BCUT2D eigenvalue weighted by Gasteiger charge is 2.40. The fraction of sp³-hybridized carbons (Fsp3) is 0.228. The van der Waals surface area contributed by atoms with Gasteiger partial charge in [0.1, 0.15) is 17.3 Å². The maximum Gasteiger partial charge on any atom is 0.292 e. The van der Waals surface area contributed by atoms with E-state index in [4.69, 9.17) is 13.8 Å². The summed E-state index contributed by atoms with van der Waals surface area (Å²) in [6.07, 6.45) is 22.0. The number of benzene rings is 5. The summed E-state index contributed by atoms with van der Waals surface area (Å²) in [6, 6.07) is 39.5. The number of allylic oxidation sites excluding steroid dienone is 9. The van der Waals surface area contributed by atoms with Gasteiger partial charge in [0.05, 0.1) is 28.9 Å². The van der Waals surface area contributed by atoms with Crippen LogP contribution in [0.4, 0.5) is 5.69 Å². The van der Waals surface area contributed by atoms with Crippen LogP contribution in [-0.2, 0) is 49.0 Å². The monoisotopic (exact) mass is 950 g/mol. The predicted octanol–water partition coefficient (Wildman–Crippen LogP) is 12.5. The van der Waals surface area contributed by atoms with Gasteiger partial charge in [-0.25, -0.2) is 4.79 Å². The fourth-order valence-electron chi connectivity index (χ4n) is 10.2. The van der Waals surface area contributed by atoms with Crippen molar-refractivity contribution < 1.29 is 27.7 Å². The molecular weight excluding hydrogens is 899 g/mol. The number of nitriles is 1. The number of isocyanates is 1. The van der Waals surface area contributed by atoms with Crippen LogP contribution in [0.2, 0.25) is 0 Å². The average molecular weight is 951 g/mol. The van der Waals surface area contributed by atoms with Gasteiger partial charge >= 0.3 is 0 Å². The number of ether oxygens (including phenoxy) is 1. The van der Waals surface area contributed by atoms with Crippen molar-refractivity contribution in [2.75, 3.05) is 19.1 Å². The maximum atomic E-state index is 15.1. The van der Waals surface area contributed by atoms with E-state index < -0.39 is 14.7 Å². The van der Waals surface area contributed by atoms with Gasteiger partial charge in [0.2, 0.25) is 6.08 Å². The normalized spacial score (nSPS) is 20.0. The molecule has 0 amide bonds. The zero-order chi connectivity index (χ0) is 47.2. The van der Waals surface area contributed by atoms with Crippen molar-refractivity contribution in [3.8, 4) is 12.0 Å². The van der Waals surface area contributed by atoms with Crippen molar-refractivity contribution in [1.29, 1.82) is 5.26 Å². The lowest BCUT2D eigenvalue weighted by Crippen LogP contribution is -2.32. The zero-order valence-electron chi connectivity index (χ0n) is 38.3. The molecule has 0 N–H and O–H groups in total. The molecule has 0 saturated heterocycles. The Morgan fingerprint density at radius 1 is 0.580 bits per heavy atom. The molecule has 2 atom stereocenters. The largest absolute Gasteiger partial charge is 0.443 e. The van der Waals surface area contributed by atoms with Gasteiger partial charge in [-0.15, -0.1) is 5.26 Å². The van der Waals surface area contributed by atoms with E-state index in [1.54, 1.807) is 18.2 Å². The van der Waals surface area contributed by atoms with Crippen molar-refractivity contribution in [1.82, 2.24) is 9.80 Å². The Bertz CT molecular complexity index is 3190. The second-order valence-corrected chi connectivity index (χ2v) is 22.7. The van der Waals surface area contributed by atoms with Gasteiger partial charge in [0.15, 0.2) is 0 Å². The Labute approximate surface area is 403 Å². The molecule has 12 heteroatoms. The first-order valence-corrected chi connectivity index (χ1v) is 27.1. The third-order valence-corrected chi connectivity index (χ3v) is 18.2. The molecule has 5 aromatic rings. The first-order chi connectivity index (χ1) is 33.8. The predicted molar refractivity (Wildman–Crippen MR) is 272 cm³/mol. The molecule has 2 aliphatic heterocycles. The van der Waals surface area contributed by atoms with Gasteiger partial charge in [-0.2, -0.15) is 4.99 Å². The number of rotatable bonds is 16. The first kappa shape index (κ1) is 45.9. The summed E-state index contributed by atoms with van der Waals surface area (Å²) in [5.41, 5.74) is 11.2. The van der Waals surface area contributed by atoms with Crippen LogP contribution in [0.5, 0.6) is 5.75 Å². The van der Waals surface area contributed by atoms with E-state index >= 15 is 9.13 Å². The van der Waals surface area contributed by atoms with Gasteiger partial charge in [-0.05, 0) is 84.2 Å². The van der Waals surface area contributed by atoms with Crippen LogP contribution in [0.3, 0.4) is 0 Å². The molecule has 3 aliphatic carbocycles. The van der Waals surface area contributed by atoms with Crippen LogP contribution in [0, 0.1) is 11.5 Å².